The predicted molar refractivity (Wildman–Crippen MR) is 153 cm³/mol. The van der Waals surface area contributed by atoms with Crippen molar-refractivity contribution in [2.75, 3.05) is 0 Å². The van der Waals surface area contributed by atoms with Crippen LogP contribution in [-0.4, -0.2) is 11.4 Å². The van der Waals surface area contributed by atoms with E-state index in [9.17, 15) is 0 Å². The maximum Gasteiger partial charge on any atom is 0.100 e. The molecule has 0 aliphatic carbocycles. The fraction of sp³-hybridized carbons (Fsp3) is 0.533. The summed E-state index contributed by atoms with van der Waals surface area (Å²) in [6, 6.07) is 8.82. The molecule has 2 aliphatic rings. The molecule has 2 aromatic rings. The van der Waals surface area contributed by atoms with E-state index in [0.717, 1.165) is 24.2 Å². The van der Waals surface area contributed by atoms with Crippen molar-refractivity contribution in [3.8, 4) is 0 Å². The van der Waals surface area contributed by atoms with Gasteiger partial charge in [-0.1, -0.05) is 90.2 Å². The molecule has 0 saturated carbocycles. The molecule has 0 N–H and O–H groups in total. The molecule has 2 nitrogen and oxygen atoms in total. The summed E-state index contributed by atoms with van der Waals surface area (Å²) < 4.78 is 0. The van der Waals surface area contributed by atoms with Gasteiger partial charge in [0.2, 0.25) is 0 Å². The van der Waals surface area contributed by atoms with Gasteiger partial charge in [0.25, 0.3) is 0 Å². The lowest BCUT2D eigenvalue weighted by molar-refractivity contribution is 0.616. The Bertz CT molecular complexity index is 936. The van der Waals surface area contributed by atoms with E-state index in [1.165, 1.54) is 109 Å². The van der Waals surface area contributed by atoms with Gasteiger partial charge >= 0.3 is 0 Å². The van der Waals surface area contributed by atoms with Crippen LogP contribution in [0, 0.1) is 0 Å². The van der Waals surface area contributed by atoms with E-state index in [-0.39, 0.29) is 0 Å². The molecule has 0 fully saturated rings. The highest BCUT2D eigenvalue weighted by Gasteiger charge is 2.34. The molecule has 4 heteroatoms. The molecule has 0 unspecified atom stereocenters. The van der Waals surface area contributed by atoms with Crippen LogP contribution in [0.25, 0.3) is 11.1 Å². The first-order chi connectivity index (χ1) is 16.8. The normalized spacial score (nSPS) is 15.4. The molecule has 0 aromatic carbocycles. The highest BCUT2D eigenvalue weighted by Crippen LogP contribution is 2.45. The van der Waals surface area contributed by atoms with E-state index in [4.69, 9.17) is 9.98 Å². The summed E-state index contributed by atoms with van der Waals surface area (Å²) in [5.41, 5.74) is 7.44. The lowest BCUT2D eigenvalue weighted by Gasteiger charge is -2.08. The Labute approximate surface area is 214 Å². The average Bonchev–Trinajstić information content (AvgIpc) is 3.63. The second-order valence-corrected chi connectivity index (χ2v) is 11.4. The lowest BCUT2D eigenvalue weighted by Crippen LogP contribution is -2.02. The minimum absolute atomic E-state index is 1.06. The Morgan fingerprint density at radius 2 is 0.971 bits per heavy atom. The van der Waals surface area contributed by atoms with Crippen LogP contribution < -0.4 is 0 Å². The zero-order chi connectivity index (χ0) is 23.6. The summed E-state index contributed by atoms with van der Waals surface area (Å²) in [7, 11) is 0. The largest absolute Gasteiger partial charge is 0.250 e. The monoisotopic (exact) mass is 492 g/mol. The number of hydrogen-bond donors (Lipinski definition) is 0. The number of thiophene rings is 2. The summed E-state index contributed by atoms with van der Waals surface area (Å²) >= 11 is 3.65. The first-order valence-corrected chi connectivity index (χ1v) is 15.3. The zero-order valence-corrected chi connectivity index (χ0v) is 22.7. The molecule has 4 heterocycles. The van der Waals surface area contributed by atoms with Crippen LogP contribution in [0.5, 0.6) is 0 Å². The molecule has 0 atom stereocenters. The van der Waals surface area contributed by atoms with Crippen molar-refractivity contribution in [3.05, 3.63) is 56.2 Å². The molecule has 0 radical (unpaired) electrons. The molecule has 0 bridgehead atoms. The second kappa shape index (κ2) is 13.3. The van der Waals surface area contributed by atoms with E-state index in [1.54, 1.807) is 0 Å². The van der Waals surface area contributed by atoms with Crippen LogP contribution in [0.3, 0.4) is 0 Å². The number of allylic oxidation sites excluding steroid dienone is 2. The minimum Gasteiger partial charge on any atom is -0.250 e. The van der Waals surface area contributed by atoms with Crippen molar-refractivity contribution >= 4 is 45.2 Å². The average molecular weight is 493 g/mol. The second-order valence-electron chi connectivity index (χ2n) is 9.55. The topological polar surface area (TPSA) is 24.7 Å². The Kier molecular flexibility index (Phi) is 9.94. The number of nitrogens with zero attached hydrogens (tertiary/aromatic N) is 2. The van der Waals surface area contributed by atoms with E-state index in [0.29, 0.717) is 0 Å². The fourth-order valence-corrected chi connectivity index (χ4v) is 6.56. The lowest BCUT2D eigenvalue weighted by atomic mass is 10.0. The number of unbranched alkanes of at least 4 members (excludes halogenated alkanes) is 10. The first-order valence-electron chi connectivity index (χ1n) is 13.6. The van der Waals surface area contributed by atoms with Crippen LogP contribution in [-0.2, 0) is 0 Å². The van der Waals surface area contributed by atoms with Crippen molar-refractivity contribution in [1.82, 2.24) is 0 Å². The smallest absolute Gasteiger partial charge is 0.100 e. The molecule has 0 amide bonds. The first kappa shape index (κ1) is 25.3. The third-order valence-corrected chi connectivity index (χ3v) is 8.61. The molecular weight excluding hydrogens is 452 g/mol. The highest BCUT2D eigenvalue weighted by atomic mass is 32.1. The van der Waals surface area contributed by atoms with Crippen LogP contribution in [0.1, 0.15) is 113 Å². The van der Waals surface area contributed by atoms with Crippen LogP contribution in [0.4, 0.5) is 0 Å². The Hall–Kier alpha value is -1.78. The molecule has 182 valence electrons. The number of fused-ring (bicyclic) bond motifs is 1. The summed E-state index contributed by atoms with van der Waals surface area (Å²) in [5.74, 6) is 0. The van der Waals surface area contributed by atoms with Crippen molar-refractivity contribution < 1.29 is 0 Å². The Morgan fingerprint density at radius 3 is 1.35 bits per heavy atom. The van der Waals surface area contributed by atoms with E-state index < -0.39 is 0 Å². The van der Waals surface area contributed by atoms with Gasteiger partial charge < -0.3 is 0 Å². The summed E-state index contributed by atoms with van der Waals surface area (Å²) in [6.45, 7) is 4.57. The third-order valence-electron chi connectivity index (χ3n) is 6.84. The van der Waals surface area contributed by atoms with Gasteiger partial charge in [-0.25, -0.2) is 9.98 Å². The van der Waals surface area contributed by atoms with Crippen molar-refractivity contribution in [1.29, 1.82) is 0 Å². The van der Waals surface area contributed by atoms with Crippen molar-refractivity contribution in [3.63, 3.8) is 0 Å². The van der Waals surface area contributed by atoms with E-state index in [2.05, 4.69) is 48.9 Å². The third kappa shape index (κ3) is 6.26. The fourth-order valence-electron chi connectivity index (χ4n) is 4.98. The minimum atomic E-state index is 1.06. The van der Waals surface area contributed by atoms with Gasteiger partial charge in [-0.15, -0.1) is 22.7 Å². The highest BCUT2D eigenvalue weighted by molar-refractivity contribution is 7.12. The van der Waals surface area contributed by atoms with Gasteiger partial charge in [-0.2, -0.15) is 0 Å². The zero-order valence-electron chi connectivity index (χ0n) is 21.1. The maximum atomic E-state index is 5.30. The van der Waals surface area contributed by atoms with Crippen LogP contribution >= 0.6 is 22.7 Å². The van der Waals surface area contributed by atoms with Crippen LogP contribution in [0.15, 0.2) is 56.4 Å². The number of aliphatic imine (C=N–C) groups is 2. The molecule has 4 rings (SSSR count). The molecule has 34 heavy (non-hydrogen) atoms. The van der Waals surface area contributed by atoms with Gasteiger partial charge in [-0.05, 0) is 48.6 Å². The van der Waals surface area contributed by atoms with Gasteiger partial charge in [0.05, 0.1) is 11.4 Å². The van der Waals surface area contributed by atoms with Gasteiger partial charge in [-0.3, -0.25) is 0 Å². The SMILES string of the molecule is CCCCCCCCC1=NC2=C(c3cccs3)C(CCCCCCCC)=NC2=C1c1cccs1. The summed E-state index contributed by atoms with van der Waals surface area (Å²) in [5, 5.41) is 4.37. The molecular formula is C30H40N2S2. The predicted octanol–water partition coefficient (Wildman–Crippen LogP) is 10.3. The summed E-state index contributed by atoms with van der Waals surface area (Å²) in [4.78, 5) is 13.2. The quantitative estimate of drug-likeness (QED) is 0.208. The van der Waals surface area contributed by atoms with Crippen molar-refractivity contribution in [2.24, 2.45) is 9.98 Å². The van der Waals surface area contributed by atoms with Gasteiger partial charge in [0.1, 0.15) is 11.4 Å². The molecule has 2 aromatic heterocycles. The van der Waals surface area contributed by atoms with E-state index >= 15 is 0 Å². The van der Waals surface area contributed by atoms with Crippen molar-refractivity contribution in [2.45, 2.75) is 104 Å². The number of hydrogen-bond acceptors (Lipinski definition) is 4. The molecule has 0 spiro atoms. The van der Waals surface area contributed by atoms with Gasteiger partial charge in [0, 0.05) is 20.9 Å². The van der Waals surface area contributed by atoms with Gasteiger partial charge in [0.15, 0.2) is 0 Å². The number of rotatable bonds is 16. The standard InChI is InChI=1S/C30H40N2S2/c1-3-5-7-9-11-13-17-23-27(25-19-15-21-33-25)29-30(31-23)28(26-20-16-22-34-26)24(32-29)18-14-12-10-8-6-4-2/h15-16,19-22H,3-14,17-18H2,1-2H3. The maximum absolute atomic E-state index is 5.30. The molecule has 2 aliphatic heterocycles. The Morgan fingerprint density at radius 1 is 0.559 bits per heavy atom. The molecule has 0 saturated heterocycles. The Balaban J connectivity index is 1.55. The summed E-state index contributed by atoms with van der Waals surface area (Å²) in [6.07, 6.45) is 17.9. The van der Waals surface area contributed by atoms with E-state index in [1.807, 2.05) is 22.7 Å². The van der Waals surface area contributed by atoms with Crippen LogP contribution in [0.2, 0.25) is 0 Å².